The van der Waals surface area contributed by atoms with Crippen LogP contribution in [0.2, 0.25) is 0 Å². The summed E-state index contributed by atoms with van der Waals surface area (Å²) < 4.78 is 1.76. The summed E-state index contributed by atoms with van der Waals surface area (Å²) in [5.41, 5.74) is 2.44. The van der Waals surface area contributed by atoms with E-state index in [0.717, 1.165) is 35.3 Å². The molecule has 1 aromatic carbocycles. The maximum absolute atomic E-state index is 11.7. The van der Waals surface area contributed by atoms with Crippen molar-refractivity contribution in [2.75, 3.05) is 18.0 Å². The molecule has 0 radical (unpaired) electrons. The number of nitrogens with zero attached hydrogens (tertiary/aromatic N) is 4. The highest BCUT2D eigenvalue weighted by molar-refractivity contribution is 5.99. The Balaban J connectivity index is 1.77. The van der Waals surface area contributed by atoms with E-state index in [1.807, 2.05) is 35.2 Å². The van der Waals surface area contributed by atoms with Crippen molar-refractivity contribution in [3.8, 4) is 5.69 Å². The fourth-order valence-electron chi connectivity index (χ4n) is 4.14. The van der Waals surface area contributed by atoms with Crippen molar-refractivity contribution < 1.29 is 15.0 Å². The number of aromatic carboxylic acids is 1. The fraction of sp³-hybridized carbons (Fsp3) is 0.381. The van der Waals surface area contributed by atoms with Crippen LogP contribution in [0.25, 0.3) is 16.7 Å². The van der Waals surface area contributed by atoms with Crippen molar-refractivity contribution in [1.29, 1.82) is 0 Å². The molecule has 0 spiro atoms. The molecule has 2 aliphatic rings. The average molecular weight is 378 g/mol. The Morgan fingerprint density at radius 3 is 2.50 bits per heavy atom. The molecule has 3 heterocycles. The summed E-state index contributed by atoms with van der Waals surface area (Å²) in [5.74, 6) is -0.702. The number of β-amino-alcohol motifs (C(OH)–C–C–N with tert-alkyl or cyclic N) is 1. The monoisotopic (exact) mass is 378 g/mol. The third-order valence-electron chi connectivity index (χ3n) is 5.76. The molecule has 2 aromatic heterocycles. The smallest absolute Gasteiger partial charge is 0.354 e. The first kappa shape index (κ1) is 17.2. The van der Waals surface area contributed by atoms with Crippen molar-refractivity contribution in [2.24, 2.45) is 0 Å². The molecule has 5 rings (SSSR count). The normalized spacial score (nSPS) is 18.7. The zero-order valence-corrected chi connectivity index (χ0v) is 15.7. The lowest BCUT2D eigenvalue weighted by molar-refractivity contribution is 0.0312. The number of hydrogen-bond donors (Lipinski definition) is 2. The molecule has 2 fully saturated rings. The van der Waals surface area contributed by atoms with Crippen LogP contribution in [0.5, 0.6) is 0 Å². The van der Waals surface area contributed by atoms with Gasteiger partial charge in [-0.3, -0.25) is 0 Å². The summed E-state index contributed by atoms with van der Waals surface area (Å²) >= 11 is 0. The van der Waals surface area contributed by atoms with E-state index in [0.29, 0.717) is 24.7 Å². The summed E-state index contributed by atoms with van der Waals surface area (Å²) in [7, 11) is 0. The maximum atomic E-state index is 11.7. The summed E-state index contributed by atoms with van der Waals surface area (Å²) in [5, 5.41) is 25.6. The molecular formula is C21H22N4O3. The number of anilines is 1. The summed E-state index contributed by atoms with van der Waals surface area (Å²) in [6.07, 6.45) is 3.34. The lowest BCUT2D eigenvalue weighted by Gasteiger charge is -2.46. The molecule has 28 heavy (non-hydrogen) atoms. The lowest BCUT2D eigenvalue weighted by atomic mass is 9.81. The van der Waals surface area contributed by atoms with Gasteiger partial charge in [-0.1, -0.05) is 24.6 Å². The highest BCUT2D eigenvalue weighted by Crippen LogP contribution is 2.43. The van der Waals surface area contributed by atoms with Crippen LogP contribution in [0.4, 0.5) is 5.69 Å². The summed E-state index contributed by atoms with van der Waals surface area (Å²) in [6.45, 7) is 2.72. The molecule has 3 aromatic rings. The van der Waals surface area contributed by atoms with Crippen LogP contribution in [0.3, 0.4) is 0 Å². The van der Waals surface area contributed by atoms with E-state index in [2.05, 4.69) is 4.98 Å². The molecule has 1 saturated carbocycles. The van der Waals surface area contributed by atoms with Gasteiger partial charge in [0.05, 0.1) is 28.1 Å². The van der Waals surface area contributed by atoms with Crippen LogP contribution in [0.15, 0.2) is 36.4 Å². The number of carboxylic acids is 1. The quantitative estimate of drug-likeness (QED) is 0.725. The Morgan fingerprint density at radius 1 is 1.21 bits per heavy atom. The van der Waals surface area contributed by atoms with Gasteiger partial charge >= 0.3 is 5.97 Å². The van der Waals surface area contributed by atoms with E-state index in [1.165, 1.54) is 6.42 Å². The molecule has 1 saturated heterocycles. The molecule has 1 aliphatic heterocycles. The van der Waals surface area contributed by atoms with Gasteiger partial charge in [-0.25, -0.2) is 14.5 Å². The number of aliphatic hydroxyl groups is 1. The van der Waals surface area contributed by atoms with E-state index in [9.17, 15) is 15.0 Å². The lowest BCUT2D eigenvalue weighted by Crippen LogP contribution is -2.60. The van der Waals surface area contributed by atoms with Gasteiger partial charge in [0.15, 0.2) is 11.3 Å². The first-order valence-electron chi connectivity index (χ1n) is 9.63. The van der Waals surface area contributed by atoms with Crippen molar-refractivity contribution >= 4 is 22.7 Å². The number of benzene rings is 1. The number of carboxylic acid groups (broad SMARTS) is 1. The van der Waals surface area contributed by atoms with Gasteiger partial charge in [-0.2, -0.15) is 5.10 Å². The third-order valence-corrected chi connectivity index (χ3v) is 5.76. The van der Waals surface area contributed by atoms with Crippen molar-refractivity contribution in [2.45, 2.75) is 37.7 Å². The second-order valence-corrected chi connectivity index (χ2v) is 8.14. The molecule has 0 bridgehead atoms. The molecule has 1 aliphatic carbocycles. The molecule has 0 amide bonds. The van der Waals surface area contributed by atoms with E-state index >= 15 is 0 Å². The second-order valence-electron chi connectivity index (χ2n) is 8.14. The molecule has 7 nitrogen and oxygen atoms in total. The molecule has 0 atom stereocenters. The number of aromatic nitrogens is 3. The van der Waals surface area contributed by atoms with E-state index in [4.69, 9.17) is 5.10 Å². The van der Waals surface area contributed by atoms with Crippen LogP contribution in [0, 0.1) is 0 Å². The fourth-order valence-corrected chi connectivity index (χ4v) is 4.14. The zero-order chi connectivity index (χ0) is 19.5. The van der Waals surface area contributed by atoms with Crippen molar-refractivity contribution in [3.63, 3.8) is 0 Å². The van der Waals surface area contributed by atoms with Gasteiger partial charge in [0.1, 0.15) is 0 Å². The van der Waals surface area contributed by atoms with Gasteiger partial charge in [0.25, 0.3) is 0 Å². The summed E-state index contributed by atoms with van der Waals surface area (Å²) in [4.78, 5) is 18.2. The highest BCUT2D eigenvalue weighted by Gasteiger charge is 2.39. The van der Waals surface area contributed by atoms with Gasteiger partial charge in [-0.15, -0.1) is 0 Å². The van der Waals surface area contributed by atoms with Gasteiger partial charge in [-0.05, 0) is 38.0 Å². The number of hydrogen-bond acceptors (Lipinski definition) is 5. The van der Waals surface area contributed by atoms with Crippen LogP contribution in [-0.2, 0) is 0 Å². The molecular weight excluding hydrogens is 356 g/mol. The van der Waals surface area contributed by atoms with Gasteiger partial charge in [0, 0.05) is 19.0 Å². The Labute approximate surface area is 162 Å². The van der Waals surface area contributed by atoms with E-state index < -0.39 is 11.6 Å². The van der Waals surface area contributed by atoms with E-state index in [-0.39, 0.29) is 5.69 Å². The number of para-hydroxylation sites is 1. The van der Waals surface area contributed by atoms with Crippen LogP contribution >= 0.6 is 0 Å². The Bertz CT molecular complexity index is 1060. The van der Waals surface area contributed by atoms with Crippen LogP contribution in [0.1, 0.15) is 48.3 Å². The number of pyridine rings is 1. The largest absolute Gasteiger partial charge is 0.477 e. The first-order chi connectivity index (χ1) is 13.4. The third kappa shape index (κ3) is 2.65. The number of rotatable bonds is 4. The Kier molecular flexibility index (Phi) is 3.71. The highest BCUT2D eigenvalue weighted by atomic mass is 16.4. The second kappa shape index (κ2) is 6.04. The average Bonchev–Trinajstić information content (AvgIpc) is 2.97. The molecule has 144 valence electrons. The zero-order valence-electron chi connectivity index (χ0n) is 15.7. The molecule has 7 heteroatoms. The Hall–Kier alpha value is -2.93. The van der Waals surface area contributed by atoms with Gasteiger partial charge < -0.3 is 15.1 Å². The van der Waals surface area contributed by atoms with Crippen LogP contribution < -0.4 is 4.90 Å². The Morgan fingerprint density at radius 2 is 1.93 bits per heavy atom. The SMILES string of the molecule is CC1(O)CN(c2cc(C(=O)O)nc3c2c(C2CCC2)nn3-c2ccccc2)C1. The predicted molar refractivity (Wildman–Crippen MR) is 105 cm³/mol. The van der Waals surface area contributed by atoms with Crippen LogP contribution in [-0.4, -0.2) is 49.6 Å². The minimum absolute atomic E-state index is 0.00807. The van der Waals surface area contributed by atoms with Crippen molar-refractivity contribution in [1.82, 2.24) is 14.8 Å². The molecule has 0 unspecified atom stereocenters. The minimum Gasteiger partial charge on any atom is -0.477 e. The standard InChI is InChI=1S/C21H22N4O3/c1-21(28)11-24(12-21)16-10-15(20(26)27)22-19-17(16)18(13-6-5-7-13)23-25(19)14-8-3-2-4-9-14/h2-4,8-10,13,28H,5-7,11-12H2,1H3,(H,26,27). The topological polar surface area (TPSA) is 91.5 Å². The number of carbonyl (C=O) groups is 1. The molecule has 2 N–H and O–H groups in total. The van der Waals surface area contributed by atoms with E-state index in [1.54, 1.807) is 17.7 Å². The predicted octanol–water partition coefficient (Wildman–Crippen LogP) is 2.96. The van der Waals surface area contributed by atoms with Crippen molar-refractivity contribution in [3.05, 3.63) is 47.8 Å². The minimum atomic E-state index is -1.07. The summed E-state index contributed by atoms with van der Waals surface area (Å²) in [6, 6.07) is 11.3. The first-order valence-corrected chi connectivity index (χ1v) is 9.63. The van der Waals surface area contributed by atoms with Gasteiger partial charge in [0.2, 0.25) is 0 Å². The number of fused-ring (bicyclic) bond motifs is 1. The maximum Gasteiger partial charge on any atom is 0.354 e.